The van der Waals surface area contributed by atoms with Crippen molar-refractivity contribution in [1.29, 1.82) is 0 Å². The van der Waals surface area contributed by atoms with Crippen LogP contribution in [0.4, 0.5) is 0 Å². The molecule has 0 bridgehead atoms. The van der Waals surface area contributed by atoms with Crippen molar-refractivity contribution in [2.24, 2.45) is 0 Å². The molecule has 0 fully saturated rings. The van der Waals surface area contributed by atoms with Gasteiger partial charge in [0.2, 0.25) is 0 Å². The fourth-order valence-electron chi connectivity index (χ4n) is 2.01. The van der Waals surface area contributed by atoms with E-state index in [0.717, 1.165) is 26.6 Å². The minimum Gasteiger partial charge on any atom is -0.495 e. The van der Waals surface area contributed by atoms with Crippen molar-refractivity contribution in [2.45, 2.75) is 20.0 Å². The molecule has 2 aromatic rings. The van der Waals surface area contributed by atoms with Crippen LogP contribution in [-0.4, -0.2) is 12.2 Å². The molecular formula is C14H16O2S. The Hall–Kier alpha value is -1.32. The Morgan fingerprint density at radius 1 is 1.18 bits per heavy atom. The monoisotopic (exact) mass is 248 g/mol. The van der Waals surface area contributed by atoms with E-state index in [2.05, 4.69) is 0 Å². The lowest BCUT2D eigenvalue weighted by Crippen LogP contribution is -1.98. The molecule has 0 aliphatic carbocycles. The van der Waals surface area contributed by atoms with Crippen molar-refractivity contribution in [2.75, 3.05) is 7.11 Å². The van der Waals surface area contributed by atoms with Gasteiger partial charge in [0.05, 0.1) is 7.11 Å². The number of hydrogen-bond acceptors (Lipinski definition) is 3. The van der Waals surface area contributed by atoms with E-state index in [-0.39, 0.29) is 0 Å². The molecule has 90 valence electrons. The quantitative estimate of drug-likeness (QED) is 0.901. The Kier molecular flexibility index (Phi) is 3.50. The van der Waals surface area contributed by atoms with E-state index in [0.29, 0.717) is 0 Å². The number of thiophene rings is 1. The van der Waals surface area contributed by atoms with Gasteiger partial charge in [0.1, 0.15) is 11.9 Å². The predicted octanol–water partition coefficient (Wildman–Crippen LogP) is 3.46. The zero-order valence-electron chi connectivity index (χ0n) is 10.2. The number of hydrogen-bond donors (Lipinski definition) is 1. The van der Waals surface area contributed by atoms with Crippen molar-refractivity contribution in [3.05, 3.63) is 51.2 Å². The van der Waals surface area contributed by atoms with E-state index in [1.165, 1.54) is 0 Å². The molecule has 1 aromatic heterocycles. The fourth-order valence-corrected chi connectivity index (χ4v) is 3.16. The Labute approximate surface area is 105 Å². The van der Waals surface area contributed by atoms with Crippen LogP contribution in [0.5, 0.6) is 5.75 Å². The number of benzene rings is 1. The van der Waals surface area contributed by atoms with Crippen LogP contribution >= 0.6 is 11.3 Å². The summed E-state index contributed by atoms with van der Waals surface area (Å²) < 4.78 is 5.34. The van der Waals surface area contributed by atoms with E-state index in [4.69, 9.17) is 4.74 Å². The Morgan fingerprint density at radius 2 is 1.82 bits per heavy atom. The number of rotatable bonds is 3. The Balaban J connectivity index is 2.41. The minimum absolute atomic E-state index is 0.566. The van der Waals surface area contributed by atoms with Crippen LogP contribution in [0, 0.1) is 13.8 Å². The van der Waals surface area contributed by atoms with E-state index >= 15 is 0 Å². The molecule has 0 radical (unpaired) electrons. The number of methoxy groups -OCH3 is 1. The number of aryl methyl sites for hydroxylation is 1. The molecule has 1 unspecified atom stereocenters. The third-order valence-electron chi connectivity index (χ3n) is 2.86. The first-order valence-electron chi connectivity index (χ1n) is 5.52. The van der Waals surface area contributed by atoms with Gasteiger partial charge in [-0.3, -0.25) is 0 Å². The third kappa shape index (κ3) is 2.21. The van der Waals surface area contributed by atoms with Crippen LogP contribution in [-0.2, 0) is 0 Å². The normalized spacial score (nSPS) is 12.5. The SMILES string of the molecule is COc1c(C)sc(C(O)c2ccccc2)c1C. The first-order valence-corrected chi connectivity index (χ1v) is 6.33. The van der Waals surface area contributed by atoms with E-state index < -0.39 is 6.10 Å². The van der Waals surface area contributed by atoms with Crippen LogP contribution < -0.4 is 4.74 Å². The Morgan fingerprint density at radius 3 is 2.35 bits per heavy atom. The summed E-state index contributed by atoms with van der Waals surface area (Å²) >= 11 is 1.59. The second-order valence-electron chi connectivity index (χ2n) is 3.99. The molecule has 1 aromatic carbocycles. The molecule has 1 atom stereocenters. The smallest absolute Gasteiger partial charge is 0.135 e. The molecule has 0 aliphatic heterocycles. The highest BCUT2D eigenvalue weighted by Gasteiger charge is 2.19. The maximum atomic E-state index is 10.4. The van der Waals surface area contributed by atoms with Crippen LogP contribution in [0.25, 0.3) is 0 Å². The molecule has 1 N–H and O–H groups in total. The second-order valence-corrected chi connectivity index (χ2v) is 5.25. The van der Waals surface area contributed by atoms with Crippen molar-refractivity contribution in [3.63, 3.8) is 0 Å². The standard InChI is InChI=1S/C14H16O2S/c1-9-13(16-3)10(2)17-14(9)12(15)11-7-5-4-6-8-11/h4-8,12,15H,1-3H3. The Bertz CT molecular complexity index is 502. The molecule has 3 heteroatoms. The van der Waals surface area contributed by atoms with Crippen molar-refractivity contribution < 1.29 is 9.84 Å². The average Bonchev–Trinajstić information content (AvgIpc) is 2.64. The van der Waals surface area contributed by atoms with Gasteiger partial charge in [0.25, 0.3) is 0 Å². The summed E-state index contributed by atoms with van der Waals surface area (Å²) in [6.45, 7) is 4.00. The maximum Gasteiger partial charge on any atom is 0.135 e. The van der Waals surface area contributed by atoms with Crippen molar-refractivity contribution in [3.8, 4) is 5.75 Å². The largest absolute Gasteiger partial charge is 0.495 e. The van der Waals surface area contributed by atoms with E-state index in [1.807, 2.05) is 44.2 Å². The maximum absolute atomic E-state index is 10.4. The first kappa shape index (κ1) is 12.1. The molecule has 2 rings (SSSR count). The van der Waals surface area contributed by atoms with E-state index in [1.54, 1.807) is 18.4 Å². The molecule has 1 heterocycles. The lowest BCUT2D eigenvalue weighted by Gasteiger charge is -2.10. The summed E-state index contributed by atoms with van der Waals surface area (Å²) in [6.07, 6.45) is -0.566. The summed E-state index contributed by atoms with van der Waals surface area (Å²) in [7, 11) is 1.67. The summed E-state index contributed by atoms with van der Waals surface area (Å²) in [4.78, 5) is 2.07. The van der Waals surface area contributed by atoms with Gasteiger partial charge >= 0.3 is 0 Å². The molecule has 0 amide bonds. The summed E-state index contributed by atoms with van der Waals surface area (Å²) in [5.41, 5.74) is 1.95. The van der Waals surface area contributed by atoms with Gasteiger partial charge in [0, 0.05) is 15.3 Å². The first-order chi connectivity index (χ1) is 8.15. The number of aliphatic hydroxyl groups is 1. The zero-order chi connectivity index (χ0) is 12.4. The number of aliphatic hydroxyl groups excluding tert-OH is 1. The second kappa shape index (κ2) is 4.90. The fraction of sp³-hybridized carbons (Fsp3) is 0.286. The average molecular weight is 248 g/mol. The van der Waals surface area contributed by atoms with Gasteiger partial charge in [0.15, 0.2) is 0 Å². The lowest BCUT2D eigenvalue weighted by molar-refractivity contribution is 0.223. The number of ether oxygens (including phenoxy) is 1. The van der Waals surface area contributed by atoms with Gasteiger partial charge in [-0.1, -0.05) is 30.3 Å². The van der Waals surface area contributed by atoms with Gasteiger partial charge in [-0.05, 0) is 19.4 Å². The molecular weight excluding hydrogens is 232 g/mol. The minimum atomic E-state index is -0.566. The molecule has 2 nitrogen and oxygen atoms in total. The van der Waals surface area contributed by atoms with Crippen LogP contribution in [0.2, 0.25) is 0 Å². The lowest BCUT2D eigenvalue weighted by atomic mass is 10.1. The van der Waals surface area contributed by atoms with Crippen LogP contribution in [0.3, 0.4) is 0 Å². The van der Waals surface area contributed by atoms with Crippen molar-refractivity contribution in [1.82, 2.24) is 0 Å². The molecule has 0 saturated carbocycles. The summed E-state index contributed by atoms with van der Waals surface area (Å²) in [6, 6.07) is 9.69. The van der Waals surface area contributed by atoms with Gasteiger partial charge in [-0.2, -0.15) is 0 Å². The predicted molar refractivity (Wildman–Crippen MR) is 70.8 cm³/mol. The topological polar surface area (TPSA) is 29.5 Å². The highest BCUT2D eigenvalue weighted by atomic mass is 32.1. The molecule has 0 spiro atoms. The van der Waals surface area contributed by atoms with Gasteiger partial charge < -0.3 is 9.84 Å². The van der Waals surface area contributed by atoms with Crippen LogP contribution in [0.1, 0.15) is 27.0 Å². The zero-order valence-corrected chi connectivity index (χ0v) is 11.0. The van der Waals surface area contributed by atoms with Gasteiger partial charge in [-0.15, -0.1) is 11.3 Å². The third-order valence-corrected chi connectivity index (χ3v) is 4.10. The highest BCUT2D eigenvalue weighted by molar-refractivity contribution is 7.12. The summed E-state index contributed by atoms with van der Waals surface area (Å²) in [5.74, 6) is 0.889. The molecule has 17 heavy (non-hydrogen) atoms. The molecule has 0 saturated heterocycles. The van der Waals surface area contributed by atoms with Crippen LogP contribution in [0.15, 0.2) is 30.3 Å². The summed E-state index contributed by atoms with van der Waals surface area (Å²) in [5, 5.41) is 10.4. The van der Waals surface area contributed by atoms with E-state index in [9.17, 15) is 5.11 Å². The van der Waals surface area contributed by atoms with Gasteiger partial charge in [-0.25, -0.2) is 0 Å². The molecule has 0 aliphatic rings. The van der Waals surface area contributed by atoms with Crippen molar-refractivity contribution >= 4 is 11.3 Å². The highest BCUT2D eigenvalue weighted by Crippen LogP contribution is 2.39.